The first-order valence-electron chi connectivity index (χ1n) is 8.45. The summed E-state index contributed by atoms with van der Waals surface area (Å²) in [6.45, 7) is 5.99. The van der Waals surface area contributed by atoms with Gasteiger partial charge in [0.1, 0.15) is 11.4 Å². The molecule has 0 saturated heterocycles. The van der Waals surface area contributed by atoms with Gasteiger partial charge in [-0.25, -0.2) is 14.5 Å². The van der Waals surface area contributed by atoms with E-state index in [1.807, 2.05) is 50.4 Å². The number of ether oxygens (including phenoxy) is 1. The van der Waals surface area contributed by atoms with Gasteiger partial charge >= 0.3 is 5.97 Å². The van der Waals surface area contributed by atoms with Gasteiger partial charge in [-0.05, 0) is 31.9 Å². The number of hydrogen-bond acceptors (Lipinski definition) is 6. The standard InChI is InChI=1S/C19H21N5O2/c1-4-26-18(25)16-11-20-19(24-12-13(2)10-21-24)23-17(16)22-14(3)15-8-6-5-7-9-15/h5-12,14H,4H2,1-3H3,(H,20,22,23). The first kappa shape index (κ1) is 17.6. The molecule has 2 aromatic heterocycles. The number of rotatable bonds is 6. The van der Waals surface area contributed by atoms with Crippen LogP contribution >= 0.6 is 0 Å². The third kappa shape index (κ3) is 3.88. The molecule has 0 fully saturated rings. The van der Waals surface area contributed by atoms with Gasteiger partial charge in [-0.15, -0.1) is 0 Å². The average Bonchev–Trinajstić information content (AvgIpc) is 3.09. The Labute approximate surface area is 152 Å². The Morgan fingerprint density at radius 3 is 2.69 bits per heavy atom. The zero-order chi connectivity index (χ0) is 18.5. The van der Waals surface area contributed by atoms with Crippen LogP contribution in [0, 0.1) is 6.92 Å². The number of aromatic nitrogens is 4. The summed E-state index contributed by atoms with van der Waals surface area (Å²) in [5.41, 5.74) is 2.37. The maximum absolute atomic E-state index is 12.3. The lowest BCUT2D eigenvalue weighted by molar-refractivity contribution is 0.0526. The molecule has 134 valence electrons. The van der Waals surface area contributed by atoms with Crippen LogP contribution in [-0.2, 0) is 4.74 Å². The maximum Gasteiger partial charge on any atom is 0.343 e. The number of anilines is 1. The minimum atomic E-state index is -0.460. The predicted molar refractivity (Wildman–Crippen MR) is 98.3 cm³/mol. The van der Waals surface area contributed by atoms with Crippen molar-refractivity contribution in [3.05, 3.63) is 65.6 Å². The molecule has 0 aliphatic heterocycles. The Hall–Kier alpha value is -3.22. The smallest absolute Gasteiger partial charge is 0.343 e. The number of esters is 1. The molecule has 7 heteroatoms. The van der Waals surface area contributed by atoms with Gasteiger partial charge in [0, 0.05) is 18.4 Å². The molecule has 7 nitrogen and oxygen atoms in total. The van der Waals surface area contributed by atoms with Gasteiger partial charge in [0.15, 0.2) is 0 Å². The molecule has 1 atom stereocenters. The molecule has 0 aliphatic rings. The third-order valence-electron chi connectivity index (χ3n) is 3.84. The van der Waals surface area contributed by atoms with E-state index in [9.17, 15) is 4.79 Å². The molecule has 2 heterocycles. The highest BCUT2D eigenvalue weighted by molar-refractivity contribution is 5.94. The molecule has 26 heavy (non-hydrogen) atoms. The number of aryl methyl sites for hydroxylation is 1. The molecule has 0 aliphatic carbocycles. The van der Waals surface area contributed by atoms with Gasteiger partial charge in [-0.3, -0.25) is 0 Å². The van der Waals surface area contributed by atoms with Gasteiger partial charge in [0.05, 0.1) is 12.8 Å². The van der Waals surface area contributed by atoms with Crippen LogP contribution < -0.4 is 5.32 Å². The molecule has 1 N–H and O–H groups in total. The second kappa shape index (κ2) is 7.77. The average molecular weight is 351 g/mol. The van der Waals surface area contributed by atoms with E-state index in [0.29, 0.717) is 17.3 Å². The van der Waals surface area contributed by atoms with Crippen molar-refractivity contribution < 1.29 is 9.53 Å². The van der Waals surface area contributed by atoms with Crippen LogP contribution in [0.4, 0.5) is 5.82 Å². The number of nitrogens with zero attached hydrogens (tertiary/aromatic N) is 4. The molecule has 0 saturated carbocycles. The molecule has 0 bridgehead atoms. The highest BCUT2D eigenvalue weighted by atomic mass is 16.5. The number of carbonyl (C=O) groups excluding carboxylic acids is 1. The number of hydrogen-bond donors (Lipinski definition) is 1. The van der Waals surface area contributed by atoms with E-state index < -0.39 is 5.97 Å². The van der Waals surface area contributed by atoms with Crippen molar-refractivity contribution in [1.29, 1.82) is 0 Å². The molecular weight excluding hydrogens is 330 g/mol. The van der Waals surface area contributed by atoms with Crippen molar-refractivity contribution >= 4 is 11.8 Å². The molecule has 3 rings (SSSR count). The second-order valence-electron chi connectivity index (χ2n) is 5.89. The summed E-state index contributed by atoms with van der Waals surface area (Å²) in [6, 6.07) is 9.88. The van der Waals surface area contributed by atoms with Crippen molar-refractivity contribution in [3.63, 3.8) is 0 Å². The largest absolute Gasteiger partial charge is 0.462 e. The Bertz CT molecular complexity index is 892. The summed E-state index contributed by atoms with van der Waals surface area (Å²) < 4.78 is 6.70. The van der Waals surface area contributed by atoms with Crippen molar-refractivity contribution in [1.82, 2.24) is 19.7 Å². The van der Waals surface area contributed by atoms with Gasteiger partial charge in [-0.1, -0.05) is 30.3 Å². The van der Waals surface area contributed by atoms with E-state index in [1.54, 1.807) is 17.8 Å². The topological polar surface area (TPSA) is 81.9 Å². The minimum Gasteiger partial charge on any atom is -0.462 e. The second-order valence-corrected chi connectivity index (χ2v) is 5.89. The fourth-order valence-electron chi connectivity index (χ4n) is 2.50. The van der Waals surface area contributed by atoms with Crippen molar-refractivity contribution in [2.24, 2.45) is 0 Å². The Morgan fingerprint density at radius 1 is 1.27 bits per heavy atom. The van der Waals surface area contributed by atoms with Crippen molar-refractivity contribution in [2.75, 3.05) is 11.9 Å². The minimum absolute atomic E-state index is 0.0496. The molecule has 0 spiro atoms. The van der Waals surface area contributed by atoms with Gasteiger partial charge in [0.2, 0.25) is 0 Å². The summed E-state index contributed by atoms with van der Waals surface area (Å²) in [4.78, 5) is 21.0. The van der Waals surface area contributed by atoms with Gasteiger partial charge in [-0.2, -0.15) is 10.1 Å². The van der Waals surface area contributed by atoms with Gasteiger partial charge in [0.25, 0.3) is 5.95 Å². The molecule has 0 radical (unpaired) electrons. The normalized spacial score (nSPS) is 11.8. The molecule has 1 aromatic carbocycles. The SMILES string of the molecule is CCOC(=O)c1cnc(-n2cc(C)cn2)nc1NC(C)c1ccccc1. The Morgan fingerprint density at radius 2 is 2.04 bits per heavy atom. The van der Waals surface area contributed by atoms with Crippen LogP contribution in [0.1, 0.15) is 41.4 Å². The lowest BCUT2D eigenvalue weighted by atomic mass is 10.1. The number of benzene rings is 1. The van der Waals surface area contributed by atoms with Gasteiger partial charge < -0.3 is 10.1 Å². The highest BCUT2D eigenvalue weighted by Crippen LogP contribution is 2.22. The summed E-state index contributed by atoms with van der Waals surface area (Å²) >= 11 is 0. The lowest BCUT2D eigenvalue weighted by Crippen LogP contribution is -2.16. The predicted octanol–water partition coefficient (Wildman–Crippen LogP) is 3.32. The number of nitrogens with one attached hydrogen (secondary N) is 1. The summed E-state index contributed by atoms with van der Waals surface area (Å²) in [5, 5.41) is 7.51. The zero-order valence-electron chi connectivity index (χ0n) is 15.0. The van der Waals surface area contributed by atoms with E-state index in [4.69, 9.17) is 4.74 Å². The quantitative estimate of drug-likeness (QED) is 0.686. The summed E-state index contributed by atoms with van der Waals surface area (Å²) in [6.07, 6.45) is 5.02. The third-order valence-corrected chi connectivity index (χ3v) is 3.84. The van der Waals surface area contributed by atoms with Crippen molar-refractivity contribution in [3.8, 4) is 5.95 Å². The van der Waals surface area contributed by atoms with E-state index in [2.05, 4.69) is 20.4 Å². The van der Waals surface area contributed by atoms with E-state index in [0.717, 1.165) is 11.1 Å². The van der Waals surface area contributed by atoms with Crippen LogP contribution in [0.15, 0.2) is 48.9 Å². The monoisotopic (exact) mass is 351 g/mol. The van der Waals surface area contributed by atoms with Crippen LogP contribution in [-0.4, -0.2) is 32.3 Å². The highest BCUT2D eigenvalue weighted by Gasteiger charge is 2.19. The van der Waals surface area contributed by atoms with Crippen LogP contribution in [0.25, 0.3) is 5.95 Å². The molecule has 1 unspecified atom stereocenters. The van der Waals surface area contributed by atoms with E-state index in [-0.39, 0.29) is 12.6 Å². The van der Waals surface area contributed by atoms with E-state index in [1.165, 1.54) is 6.20 Å². The first-order chi connectivity index (χ1) is 12.6. The molecule has 3 aromatic rings. The zero-order valence-corrected chi connectivity index (χ0v) is 15.0. The van der Waals surface area contributed by atoms with Crippen LogP contribution in [0.5, 0.6) is 0 Å². The van der Waals surface area contributed by atoms with Crippen LogP contribution in [0.2, 0.25) is 0 Å². The first-order valence-corrected chi connectivity index (χ1v) is 8.45. The fraction of sp³-hybridized carbons (Fsp3) is 0.263. The fourth-order valence-corrected chi connectivity index (χ4v) is 2.50. The summed E-state index contributed by atoms with van der Waals surface area (Å²) in [7, 11) is 0. The molecule has 0 amide bonds. The maximum atomic E-state index is 12.3. The molecular formula is C19H21N5O2. The lowest BCUT2D eigenvalue weighted by Gasteiger charge is -2.17. The Kier molecular flexibility index (Phi) is 5.26. The summed E-state index contributed by atoms with van der Waals surface area (Å²) in [5.74, 6) is 0.338. The number of carbonyl (C=O) groups is 1. The Balaban J connectivity index is 1.96. The van der Waals surface area contributed by atoms with Crippen molar-refractivity contribution in [2.45, 2.75) is 26.8 Å². The van der Waals surface area contributed by atoms with E-state index >= 15 is 0 Å². The van der Waals surface area contributed by atoms with Crippen LogP contribution in [0.3, 0.4) is 0 Å².